The molecular weight excluding hydrogens is 491 g/mol. The van der Waals surface area contributed by atoms with Crippen molar-refractivity contribution in [1.82, 2.24) is 10.6 Å². The van der Waals surface area contributed by atoms with Crippen molar-refractivity contribution in [3.8, 4) is 0 Å². The maximum atomic E-state index is 13.1. The largest absolute Gasteiger partial charge is 0.452 e. The Morgan fingerprint density at radius 1 is 0.973 bits per heavy atom. The Balaban J connectivity index is 1.11. The van der Waals surface area contributed by atoms with Gasteiger partial charge in [-0.05, 0) is 93.0 Å². The van der Waals surface area contributed by atoms with Gasteiger partial charge in [-0.1, -0.05) is 24.3 Å². The molecule has 0 spiro atoms. The maximum absolute atomic E-state index is 13.1. The van der Waals surface area contributed by atoms with Gasteiger partial charge in [-0.25, -0.2) is 9.18 Å². The van der Waals surface area contributed by atoms with E-state index in [0.717, 1.165) is 42.6 Å². The lowest BCUT2D eigenvalue weighted by Crippen LogP contribution is -2.60. The highest BCUT2D eigenvalue weighted by Gasteiger charge is 2.51. The number of benzene rings is 2. The summed E-state index contributed by atoms with van der Waals surface area (Å²) in [7, 11) is 0. The van der Waals surface area contributed by atoms with E-state index in [1.807, 2.05) is 6.07 Å². The molecule has 4 bridgehead atoms. The van der Waals surface area contributed by atoms with Crippen molar-refractivity contribution in [3.63, 3.8) is 0 Å². The molecule has 4 saturated carbocycles. The third kappa shape index (κ3) is 6.17. The van der Waals surface area contributed by atoms with Crippen molar-refractivity contribution in [2.24, 2.45) is 17.8 Å². The van der Waals surface area contributed by atoms with Gasteiger partial charge >= 0.3 is 5.97 Å². The zero-order valence-electron chi connectivity index (χ0n) is 21.0. The molecule has 1 atom stereocenters. The molecule has 0 heterocycles. The molecule has 4 aliphatic rings. The van der Waals surface area contributed by atoms with Crippen LogP contribution in [0.5, 0.6) is 0 Å². The van der Waals surface area contributed by atoms with Gasteiger partial charge in [0.05, 0.1) is 17.4 Å². The molecule has 37 heavy (non-hydrogen) atoms. The number of esters is 1. The average Bonchev–Trinajstić information content (AvgIpc) is 2.85. The molecule has 6 rings (SSSR count). The van der Waals surface area contributed by atoms with Gasteiger partial charge in [0.15, 0.2) is 6.61 Å². The summed E-state index contributed by atoms with van der Waals surface area (Å²) in [4.78, 5) is 38.6. The van der Waals surface area contributed by atoms with Crippen molar-refractivity contribution in [1.29, 1.82) is 0 Å². The van der Waals surface area contributed by atoms with Crippen molar-refractivity contribution >= 4 is 29.5 Å². The van der Waals surface area contributed by atoms with E-state index in [1.165, 1.54) is 43.2 Å². The van der Waals surface area contributed by atoms with Gasteiger partial charge in [0, 0.05) is 10.4 Å². The molecule has 1 unspecified atom stereocenters. The number of carbonyl (C=O) groups excluding carboxylic acids is 3. The van der Waals surface area contributed by atoms with Crippen LogP contribution in [0.3, 0.4) is 0 Å². The highest BCUT2D eigenvalue weighted by molar-refractivity contribution is 8.00. The second-order valence-electron chi connectivity index (χ2n) is 10.9. The van der Waals surface area contributed by atoms with Crippen molar-refractivity contribution < 1.29 is 23.5 Å². The normalized spacial score (nSPS) is 26.4. The van der Waals surface area contributed by atoms with Crippen LogP contribution in [0.15, 0.2) is 53.4 Å². The summed E-state index contributed by atoms with van der Waals surface area (Å²) in [5.74, 6) is 1.07. The van der Waals surface area contributed by atoms with Crippen LogP contribution in [0.4, 0.5) is 4.39 Å². The minimum Gasteiger partial charge on any atom is -0.452 e. The molecule has 0 saturated heterocycles. The van der Waals surface area contributed by atoms with Gasteiger partial charge in [0.2, 0.25) is 5.91 Å². The summed E-state index contributed by atoms with van der Waals surface area (Å²) >= 11 is 1.31. The van der Waals surface area contributed by atoms with Crippen LogP contribution in [-0.4, -0.2) is 35.7 Å². The summed E-state index contributed by atoms with van der Waals surface area (Å²) in [6.07, 6.45) is 7.26. The summed E-state index contributed by atoms with van der Waals surface area (Å²) in [5.41, 5.74) is 1.03. The van der Waals surface area contributed by atoms with E-state index in [0.29, 0.717) is 10.5 Å². The Labute approximate surface area is 221 Å². The number of amides is 2. The lowest BCUT2D eigenvalue weighted by Gasteiger charge is -2.56. The molecule has 8 heteroatoms. The van der Waals surface area contributed by atoms with Crippen molar-refractivity contribution in [3.05, 3.63) is 65.5 Å². The Hall–Kier alpha value is -2.87. The van der Waals surface area contributed by atoms with Gasteiger partial charge in [0.1, 0.15) is 5.82 Å². The number of ether oxygens (including phenoxy) is 1. The van der Waals surface area contributed by atoms with E-state index in [4.69, 9.17) is 4.74 Å². The molecule has 2 amide bonds. The van der Waals surface area contributed by atoms with Gasteiger partial charge in [-0.15, -0.1) is 11.8 Å². The van der Waals surface area contributed by atoms with E-state index in [1.54, 1.807) is 37.3 Å². The Bertz CT molecular complexity index is 1130. The first-order valence-corrected chi connectivity index (χ1v) is 14.0. The standard InChI is InChI=1S/C29H33FN2O4S/c1-18(22-6-8-23(30)9-7-22)31-26(33)16-36-28(35)24-4-2-3-5-25(24)37-17-27(34)32-29-13-19-10-20(14-29)12-21(11-19)15-29/h2-9,18-21H,10-17H2,1H3,(H,31,33)(H,32,34). The molecule has 2 N–H and O–H groups in total. The highest BCUT2D eigenvalue weighted by atomic mass is 32.2. The first kappa shape index (κ1) is 25.8. The van der Waals surface area contributed by atoms with Crippen LogP contribution in [0, 0.1) is 23.6 Å². The molecule has 2 aromatic carbocycles. The van der Waals surface area contributed by atoms with Crippen LogP contribution in [0.25, 0.3) is 0 Å². The summed E-state index contributed by atoms with van der Waals surface area (Å²) in [6.45, 7) is 1.34. The van der Waals surface area contributed by atoms with E-state index in [-0.39, 0.29) is 29.1 Å². The van der Waals surface area contributed by atoms with Crippen LogP contribution in [0.1, 0.15) is 67.4 Å². The quantitative estimate of drug-likeness (QED) is 0.355. The van der Waals surface area contributed by atoms with E-state index < -0.39 is 18.5 Å². The van der Waals surface area contributed by atoms with Crippen LogP contribution < -0.4 is 10.6 Å². The summed E-state index contributed by atoms with van der Waals surface area (Å²) in [5, 5.41) is 6.11. The van der Waals surface area contributed by atoms with E-state index in [9.17, 15) is 18.8 Å². The minimum absolute atomic E-state index is 0.00396. The number of hydrogen-bond acceptors (Lipinski definition) is 5. The van der Waals surface area contributed by atoms with Gasteiger partial charge in [-0.3, -0.25) is 9.59 Å². The average molecular weight is 525 g/mol. The first-order chi connectivity index (χ1) is 17.8. The number of thioether (sulfide) groups is 1. The highest BCUT2D eigenvalue weighted by Crippen LogP contribution is 2.55. The lowest BCUT2D eigenvalue weighted by atomic mass is 9.53. The predicted molar refractivity (Wildman–Crippen MR) is 139 cm³/mol. The van der Waals surface area contributed by atoms with E-state index >= 15 is 0 Å². The lowest BCUT2D eigenvalue weighted by molar-refractivity contribution is -0.125. The van der Waals surface area contributed by atoms with Crippen LogP contribution >= 0.6 is 11.8 Å². The molecule has 196 valence electrons. The van der Waals surface area contributed by atoms with Gasteiger partial charge in [0.25, 0.3) is 5.91 Å². The third-order valence-corrected chi connectivity index (χ3v) is 9.06. The Morgan fingerprint density at radius 2 is 1.59 bits per heavy atom. The maximum Gasteiger partial charge on any atom is 0.339 e. The Kier molecular flexibility index (Phi) is 7.56. The molecular formula is C29H33FN2O4S. The summed E-state index contributed by atoms with van der Waals surface area (Å²) in [6, 6.07) is 12.5. The minimum atomic E-state index is -0.617. The summed E-state index contributed by atoms with van der Waals surface area (Å²) < 4.78 is 18.4. The fourth-order valence-corrected chi connectivity index (χ4v) is 7.67. The molecule has 6 nitrogen and oxygen atoms in total. The number of carbonyl (C=O) groups is 3. The topological polar surface area (TPSA) is 84.5 Å². The molecule has 4 fully saturated rings. The second-order valence-corrected chi connectivity index (χ2v) is 12.0. The third-order valence-electron chi connectivity index (χ3n) is 7.99. The van der Waals surface area contributed by atoms with Gasteiger partial charge < -0.3 is 15.4 Å². The van der Waals surface area contributed by atoms with Crippen LogP contribution in [0.2, 0.25) is 0 Å². The van der Waals surface area contributed by atoms with Crippen LogP contribution in [-0.2, 0) is 14.3 Å². The molecule has 2 aromatic rings. The SMILES string of the molecule is CC(NC(=O)COC(=O)c1ccccc1SCC(=O)NC12CC3CC(CC(C3)C1)C2)c1ccc(F)cc1. The number of nitrogens with one attached hydrogen (secondary N) is 2. The van der Waals surface area contributed by atoms with Crippen molar-refractivity contribution in [2.45, 2.75) is 61.9 Å². The zero-order chi connectivity index (χ0) is 26.0. The van der Waals surface area contributed by atoms with E-state index in [2.05, 4.69) is 10.6 Å². The fourth-order valence-electron chi connectivity index (χ4n) is 6.83. The monoisotopic (exact) mass is 524 g/mol. The number of hydrogen-bond donors (Lipinski definition) is 2. The van der Waals surface area contributed by atoms with Gasteiger partial charge in [-0.2, -0.15) is 0 Å². The fraction of sp³-hybridized carbons (Fsp3) is 0.483. The molecule has 0 aliphatic heterocycles. The van der Waals surface area contributed by atoms with Crippen molar-refractivity contribution in [2.75, 3.05) is 12.4 Å². The molecule has 0 aromatic heterocycles. The predicted octanol–water partition coefficient (Wildman–Crippen LogP) is 5.04. The molecule has 4 aliphatic carbocycles. The number of halogens is 1. The smallest absolute Gasteiger partial charge is 0.339 e. The second kappa shape index (κ2) is 10.9. The first-order valence-electron chi connectivity index (χ1n) is 13.0. The number of rotatable bonds is 9. The Morgan fingerprint density at radius 3 is 2.24 bits per heavy atom. The zero-order valence-corrected chi connectivity index (χ0v) is 21.8. The molecule has 0 radical (unpaired) electrons.